The van der Waals surface area contributed by atoms with Crippen molar-refractivity contribution in [3.05, 3.63) is 46.1 Å². The Kier molecular flexibility index (Phi) is 7.14. The molecule has 0 saturated heterocycles. The normalized spacial score (nSPS) is 13.3. The summed E-state index contributed by atoms with van der Waals surface area (Å²) in [5.74, 6) is -2.00. The van der Waals surface area contributed by atoms with Crippen molar-refractivity contribution >= 4 is 44.1 Å². The van der Waals surface area contributed by atoms with E-state index in [4.69, 9.17) is 4.74 Å². The molecule has 12 heteroatoms. The Balaban J connectivity index is 1.75. The summed E-state index contributed by atoms with van der Waals surface area (Å²) in [6.45, 7) is 0.606. The maximum atomic E-state index is 13.0. The molecule has 0 aliphatic carbocycles. The van der Waals surface area contributed by atoms with E-state index in [9.17, 15) is 27.2 Å². The molecule has 0 radical (unpaired) electrons. The molecule has 1 aliphatic rings. The van der Waals surface area contributed by atoms with Gasteiger partial charge in [0.05, 0.1) is 29.9 Å². The first kappa shape index (κ1) is 23.7. The lowest BCUT2D eigenvalue weighted by Crippen LogP contribution is -2.35. The van der Waals surface area contributed by atoms with Gasteiger partial charge in [-0.05, 0) is 36.2 Å². The first-order valence-electron chi connectivity index (χ1n) is 9.64. The summed E-state index contributed by atoms with van der Waals surface area (Å²) >= 11 is 1.16. The van der Waals surface area contributed by atoms with Gasteiger partial charge in [-0.15, -0.1) is 11.3 Å². The lowest BCUT2D eigenvalue weighted by atomic mass is 10.0. The third-order valence-corrected chi connectivity index (χ3v) is 7.83. The largest absolute Gasteiger partial charge is 0.453 e. The number of anilines is 1. The van der Waals surface area contributed by atoms with Gasteiger partial charge in [0.15, 0.2) is 9.84 Å². The zero-order valence-electron chi connectivity index (χ0n) is 17.4. The number of benzene rings is 1. The molecule has 2 N–H and O–H groups in total. The second kappa shape index (κ2) is 9.65. The van der Waals surface area contributed by atoms with Gasteiger partial charge in [-0.25, -0.2) is 17.6 Å². The van der Waals surface area contributed by atoms with Gasteiger partial charge in [0.2, 0.25) is 5.91 Å². The average molecular weight is 484 g/mol. The highest BCUT2D eigenvalue weighted by atomic mass is 32.2. The number of carbonyl (C=O) groups is 3. The Hall–Kier alpha value is -2.99. The van der Waals surface area contributed by atoms with Gasteiger partial charge in [0.25, 0.3) is 5.91 Å². The fourth-order valence-electron chi connectivity index (χ4n) is 3.32. The van der Waals surface area contributed by atoms with E-state index < -0.39 is 33.4 Å². The van der Waals surface area contributed by atoms with E-state index in [-0.39, 0.29) is 23.8 Å². The Morgan fingerprint density at radius 1 is 1.22 bits per heavy atom. The van der Waals surface area contributed by atoms with Crippen LogP contribution in [0.25, 0.3) is 0 Å². The molecule has 3 rings (SSSR count). The van der Waals surface area contributed by atoms with E-state index in [1.807, 2.05) is 0 Å². The Morgan fingerprint density at radius 3 is 2.53 bits per heavy atom. The molecular weight excluding hydrogens is 461 g/mol. The van der Waals surface area contributed by atoms with Crippen LogP contribution < -0.4 is 10.6 Å². The van der Waals surface area contributed by atoms with Crippen LogP contribution in [0, 0.1) is 5.82 Å². The zero-order chi connectivity index (χ0) is 23.5. The van der Waals surface area contributed by atoms with Gasteiger partial charge >= 0.3 is 6.09 Å². The molecule has 3 amide bonds. The number of hydrogen-bond donors (Lipinski definition) is 2. The van der Waals surface area contributed by atoms with Gasteiger partial charge in [-0.1, -0.05) is 0 Å². The van der Waals surface area contributed by atoms with Crippen LogP contribution in [0.3, 0.4) is 0 Å². The van der Waals surface area contributed by atoms with Crippen molar-refractivity contribution in [2.24, 2.45) is 0 Å². The number of methoxy groups -OCH3 is 1. The van der Waals surface area contributed by atoms with Crippen LogP contribution in [0.15, 0.2) is 29.2 Å². The van der Waals surface area contributed by atoms with Crippen LogP contribution in [-0.2, 0) is 32.3 Å². The minimum atomic E-state index is -3.78. The highest BCUT2D eigenvalue weighted by molar-refractivity contribution is 7.91. The van der Waals surface area contributed by atoms with Crippen LogP contribution in [0.4, 0.5) is 14.2 Å². The fraction of sp³-hybridized carbons (Fsp3) is 0.350. The Labute approximate surface area is 188 Å². The summed E-state index contributed by atoms with van der Waals surface area (Å²) in [5, 5.41) is 5.47. The maximum absolute atomic E-state index is 13.0. The van der Waals surface area contributed by atoms with Crippen LogP contribution in [0.1, 0.15) is 27.2 Å². The number of nitrogens with one attached hydrogen (secondary N) is 2. The summed E-state index contributed by atoms with van der Waals surface area (Å²) in [6, 6.07) is 4.37. The van der Waals surface area contributed by atoms with Gasteiger partial charge < -0.3 is 20.3 Å². The van der Waals surface area contributed by atoms with E-state index in [2.05, 4.69) is 10.6 Å². The number of nitrogens with zero attached hydrogens (tertiary/aromatic N) is 1. The number of hydrogen-bond acceptors (Lipinski definition) is 7. The van der Waals surface area contributed by atoms with Crippen LogP contribution >= 0.6 is 11.3 Å². The van der Waals surface area contributed by atoms with Crippen LogP contribution in [-0.4, -0.2) is 57.7 Å². The second-order valence-electron chi connectivity index (χ2n) is 7.00. The smallest absolute Gasteiger partial charge is 0.409 e. The number of ether oxygens (including phenoxy) is 1. The van der Waals surface area contributed by atoms with E-state index in [0.717, 1.165) is 46.0 Å². The summed E-state index contributed by atoms with van der Waals surface area (Å²) < 4.78 is 42.6. The van der Waals surface area contributed by atoms with Crippen molar-refractivity contribution in [2.75, 3.05) is 31.8 Å². The minimum Gasteiger partial charge on any atom is -0.453 e. The molecule has 2 heterocycles. The standard InChI is InChI=1S/C20H22FN3O6S2/c1-22-18(26)17-14-7-9-24(20(27)30-2)11-15(14)31-19(17)23-16(25)8-10-32(28,29)13-5-3-12(21)4-6-13/h3-6H,7-11H2,1-2H3,(H,22,26)(H,23,25). The Morgan fingerprint density at radius 2 is 1.91 bits per heavy atom. The van der Waals surface area contributed by atoms with E-state index in [1.54, 1.807) is 0 Å². The molecule has 0 spiro atoms. The molecule has 1 aliphatic heterocycles. The van der Waals surface area contributed by atoms with Crippen molar-refractivity contribution in [2.45, 2.75) is 24.3 Å². The van der Waals surface area contributed by atoms with Crippen molar-refractivity contribution in [1.82, 2.24) is 10.2 Å². The molecule has 32 heavy (non-hydrogen) atoms. The number of thiophene rings is 1. The highest BCUT2D eigenvalue weighted by Crippen LogP contribution is 2.37. The first-order valence-corrected chi connectivity index (χ1v) is 12.1. The molecule has 172 valence electrons. The van der Waals surface area contributed by atoms with Gasteiger partial charge in [0.1, 0.15) is 10.8 Å². The van der Waals surface area contributed by atoms with Crippen molar-refractivity contribution in [3.8, 4) is 0 Å². The summed E-state index contributed by atoms with van der Waals surface area (Å²) in [7, 11) is -1.02. The van der Waals surface area contributed by atoms with E-state index in [1.165, 1.54) is 19.1 Å². The van der Waals surface area contributed by atoms with Gasteiger partial charge in [-0.2, -0.15) is 0 Å². The van der Waals surface area contributed by atoms with Crippen molar-refractivity contribution in [3.63, 3.8) is 0 Å². The number of amides is 3. The average Bonchev–Trinajstić information content (AvgIpc) is 3.13. The molecule has 0 atom stereocenters. The maximum Gasteiger partial charge on any atom is 0.409 e. The number of halogens is 1. The Bertz CT molecular complexity index is 1140. The number of rotatable bonds is 6. The third-order valence-electron chi connectivity index (χ3n) is 4.97. The molecule has 9 nitrogen and oxygen atoms in total. The summed E-state index contributed by atoms with van der Waals surface area (Å²) in [6.07, 6.45) is -0.412. The summed E-state index contributed by atoms with van der Waals surface area (Å²) in [5.41, 5.74) is 1.05. The van der Waals surface area contributed by atoms with Gasteiger partial charge in [0, 0.05) is 24.9 Å². The number of carbonyl (C=O) groups excluding carboxylic acids is 3. The first-order chi connectivity index (χ1) is 15.2. The highest BCUT2D eigenvalue weighted by Gasteiger charge is 2.30. The van der Waals surface area contributed by atoms with Crippen molar-refractivity contribution in [1.29, 1.82) is 0 Å². The predicted molar refractivity (Wildman–Crippen MR) is 116 cm³/mol. The van der Waals surface area contributed by atoms with Gasteiger partial charge in [-0.3, -0.25) is 9.59 Å². The SMILES string of the molecule is CNC(=O)c1c(NC(=O)CCS(=O)(=O)c2ccc(F)cc2)sc2c1CCN(C(=O)OC)C2. The van der Waals surface area contributed by atoms with E-state index in [0.29, 0.717) is 23.5 Å². The van der Waals surface area contributed by atoms with Crippen molar-refractivity contribution < 1.29 is 31.9 Å². The molecule has 0 fully saturated rings. The molecule has 2 aromatic rings. The monoisotopic (exact) mass is 483 g/mol. The quantitative estimate of drug-likeness (QED) is 0.608. The van der Waals surface area contributed by atoms with Crippen LogP contribution in [0.2, 0.25) is 0 Å². The molecule has 0 bridgehead atoms. The summed E-state index contributed by atoms with van der Waals surface area (Å²) in [4.78, 5) is 39.0. The molecule has 1 aromatic carbocycles. The van der Waals surface area contributed by atoms with Crippen LogP contribution in [0.5, 0.6) is 0 Å². The third kappa shape index (κ3) is 5.07. The lowest BCUT2D eigenvalue weighted by Gasteiger charge is -2.25. The fourth-order valence-corrected chi connectivity index (χ4v) is 5.84. The molecule has 0 saturated carbocycles. The molecular formula is C20H22FN3O6S2. The topological polar surface area (TPSA) is 122 Å². The lowest BCUT2D eigenvalue weighted by molar-refractivity contribution is -0.115. The van der Waals surface area contributed by atoms with E-state index >= 15 is 0 Å². The molecule has 1 aromatic heterocycles. The second-order valence-corrected chi connectivity index (χ2v) is 10.2. The minimum absolute atomic E-state index is 0.0766. The number of fused-ring (bicyclic) bond motifs is 1. The molecule has 0 unspecified atom stereocenters. The number of sulfone groups is 1. The zero-order valence-corrected chi connectivity index (χ0v) is 19.1. The predicted octanol–water partition coefficient (Wildman–Crippen LogP) is 2.17.